The highest BCUT2D eigenvalue weighted by atomic mass is 16.2. The maximum absolute atomic E-state index is 14.7. The summed E-state index contributed by atoms with van der Waals surface area (Å²) in [7, 11) is 0. The molecular weight excluding hydrogens is 620 g/mol. The standard InChI is InChI=1S/C39H56N4O6/c1-5-10-26(36(47)33(46)19-24-15-16-24)20-32(45)35-28-14-9-13-27(28)23-43(35)38(49)29(39(2,3)4)21-31(44)34(25-11-7-6-8-12-25)42-37(48)30-22-40-17-18-41-30/h17-18,22,24-29,34-35H,5-16,19-21,23H2,1-4H3,(H,42,48)/t26-,27+,28+,29-,34+,35+/m1/s1. The highest BCUT2D eigenvalue weighted by molar-refractivity contribution is 6.38. The monoisotopic (exact) mass is 676 g/mol. The topological polar surface area (TPSA) is 143 Å². The minimum Gasteiger partial charge on any atom is -0.341 e. The van der Waals surface area contributed by atoms with Gasteiger partial charge in [-0.15, -0.1) is 0 Å². The molecule has 0 spiro atoms. The summed E-state index contributed by atoms with van der Waals surface area (Å²) in [5.74, 6) is -2.65. The summed E-state index contributed by atoms with van der Waals surface area (Å²) in [4.78, 5) is 92.3. The quantitative estimate of drug-likeness (QED) is 0.219. The van der Waals surface area contributed by atoms with Crippen molar-refractivity contribution in [1.29, 1.82) is 0 Å². The third-order valence-corrected chi connectivity index (χ3v) is 11.7. The Kier molecular flexibility index (Phi) is 12.2. The summed E-state index contributed by atoms with van der Waals surface area (Å²) in [5.41, 5.74) is -0.460. The van der Waals surface area contributed by atoms with Gasteiger partial charge in [0.2, 0.25) is 11.7 Å². The van der Waals surface area contributed by atoms with Gasteiger partial charge in [0.15, 0.2) is 17.3 Å². The SMILES string of the molecule is CCC[C@H](CC(=O)[C@@H]1[C@H]2CCC[C@H]2CN1C(=O)[C@@H](CC(=O)[C@@H](NC(=O)c1cnccn1)C1CCCCC1)C(C)(C)C)C(=O)C(=O)CC1CC1. The Morgan fingerprint density at radius 3 is 2.29 bits per heavy atom. The Bertz CT molecular complexity index is 1380. The third kappa shape index (κ3) is 9.09. The lowest BCUT2D eigenvalue weighted by Crippen LogP contribution is -2.51. The fourth-order valence-corrected chi connectivity index (χ4v) is 8.75. The van der Waals surface area contributed by atoms with E-state index in [1.807, 2.05) is 27.7 Å². The van der Waals surface area contributed by atoms with Crippen LogP contribution >= 0.6 is 0 Å². The first-order valence-corrected chi connectivity index (χ1v) is 18.9. The number of carbonyl (C=O) groups is 6. The molecule has 3 saturated carbocycles. The molecule has 1 N–H and O–H groups in total. The number of carbonyl (C=O) groups excluding carboxylic acids is 6. The summed E-state index contributed by atoms with van der Waals surface area (Å²) in [5, 5.41) is 2.97. The van der Waals surface area contributed by atoms with E-state index in [2.05, 4.69) is 15.3 Å². The molecule has 49 heavy (non-hydrogen) atoms. The van der Waals surface area contributed by atoms with Crippen LogP contribution in [0.4, 0.5) is 0 Å². The predicted molar refractivity (Wildman–Crippen MR) is 184 cm³/mol. The van der Waals surface area contributed by atoms with E-state index in [-0.39, 0.29) is 66.0 Å². The van der Waals surface area contributed by atoms with Gasteiger partial charge in [0, 0.05) is 50.0 Å². The first kappa shape index (κ1) is 37.0. The van der Waals surface area contributed by atoms with E-state index >= 15 is 0 Å². The highest BCUT2D eigenvalue weighted by Gasteiger charge is 2.52. The Morgan fingerprint density at radius 1 is 0.918 bits per heavy atom. The maximum atomic E-state index is 14.7. The van der Waals surface area contributed by atoms with Crippen molar-refractivity contribution in [2.75, 3.05) is 6.54 Å². The van der Waals surface area contributed by atoms with Crippen LogP contribution in [-0.2, 0) is 24.0 Å². The van der Waals surface area contributed by atoms with Crippen molar-refractivity contribution in [3.8, 4) is 0 Å². The van der Waals surface area contributed by atoms with Crippen molar-refractivity contribution < 1.29 is 28.8 Å². The van der Waals surface area contributed by atoms with E-state index in [4.69, 9.17) is 0 Å². The van der Waals surface area contributed by atoms with E-state index in [0.717, 1.165) is 64.2 Å². The number of fused-ring (bicyclic) bond motifs is 1. The molecular formula is C39H56N4O6. The first-order valence-electron chi connectivity index (χ1n) is 18.9. The molecule has 2 heterocycles. The van der Waals surface area contributed by atoms with Gasteiger partial charge < -0.3 is 10.2 Å². The summed E-state index contributed by atoms with van der Waals surface area (Å²) in [6.45, 7) is 8.27. The van der Waals surface area contributed by atoms with Crippen LogP contribution in [0.25, 0.3) is 0 Å². The molecule has 5 rings (SSSR count). The summed E-state index contributed by atoms with van der Waals surface area (Å²) in [6.07, 6.45) is 15.1. The van der Waals surface area contributed by atoms with Crippen molar-refractivity contribution in [2.45, 2.75) is 136 Å². The van der Waals surface area contributed by atoms with Crippen LogP contribution in [0.3, 0.4) is 0 Å². The van der Waals surface area contributed by atoms with Crippen LogP contribution in [0, 0.1) is 40.9 Å². The van der Waals surface area contributed by atoms with Gasteiger partial charge in [0.1, 0.15) is 5.69 Å². The molecule has 268 valence electrons. The lowest BCUT2D eigenvalue weighted by Gasteiger charge is -2.37. The van der Waals surface area contributed by atoms with Gasteiger partial charge in [-0.3, -0.25) is 33.8 Å². The average Bonchev–Trinajstić information content (AvgIpc) is 3.65. The number of hydrogen-bond donors (Lipinski definition) is 1. The number of nitrogens with zero attached hydrogens (tertiary/aromatic N) is 3. The van der Waals surface area contributed by atoms with Crippen molar-refractivity contribution in [3.05, 3.63) is 24.3 Å². The number of ketones is 4. The number of Topliss-reactive ketones (excluding diaryl/α,β-unsaturated/α-hetero) is 4. The Morgan fingerprint density at radius 2 is 1.65 bits per heavy atom. The lowest BCUT2D eigenvalue weighted by molar-refractivity contribution is -0.147. The van der Waals surface area contributed by atoms with Gasteiger partial charge in [-0.05, 0) is 74.0 Å². The van der Waals surface area contributed by atoms with Crippen molar-refractivity contribution in [2.24, 2.45) is 40.9 Å². The number of hydrogen-bond acceptors (Lipinski definition) is 8. The second-order valence-corrected chi connectivity index (χ2v) is 16.4. The smallest absolute Gasteiger partial charge is 0.272 e. The molecule has 0 aromatic carbocycles. The molecule has 0 bridgehead atoms. The van der Waals surface area contributed by atoms with Crippen LogP contribution in [-0.4, -0.2) is 68.4 Å². The van der Waals surface area contributed by atoms with Gasteiger partial charge in [-0.2, -0.15) is 0 Å². The van der Waals surface area contributed by atoms with Gasteiger partial charge in [0.05, 0.1) is 18.3 Å². The highest BCUT2D eigenvalue weighted by Crippen LogP contribution is 2.45. The molecule has 0 unspecified atom stereocenters. The van der Waals surface area contributed by atoms with Gasteiger partial charge >= 0.3 is 0 Å². The Labute approximate surface area is 291 Å². The van der Waals surface area contributed by atoms with E-state index in [1.54, 1.807) is 4.90 Å². The Hall–Kier alpha value is -3.30. The van der Waals surface area contributed by atoms with Gasteiger partial charge in [-0.25, -0.2) is 4.98 Å². The van der Waals surface area contributed by atoms with Crippen LogP contribution in [0.15, 0.2) is 18.6 Å². The minimum absolute atomic E-state index is 0.0218. The fourth-order valence-electron chi connectivity index (χ4n) is 8.75. The minimum atomic E-state index is -0.753. The largest absolute Gasteiger partial charge is 0.341 e. The molecule has 10 nitrogen and oxygen atoms in total. The molecule has 3 aliphatic carbocycles. The number of amides is 2. The van der Waals surface area contributed by atoms with Crippen molar-refractivity contribution in [3.63, 3.8) is 0 Å². The molecule has 4 aliphatic rings. The zero-order valence-corrected chi connectivity index (χ0v) is 30.0. The molecule has 4 fully saturated rings. The molecule has 1 aromatic heterocycles. The van der Waals surface area contributed by atoms with E-state index in [0.29, 0.717) is 25.3 Å². The van der Waals surface area contributed by atoms with Crippen LogP contribution in [0.5, 0.6) is 0 Å². The summed E-state index contributed by atoms with van der Waals surface area (Å²) in [6, 6.07) is -1.41. The molecule has 6 atom stereocenters. The van der Waals surface area contributed by atoms with Crippen LogP contribution < -0.4 is 5.32 Å². The second kappa shape index (κ2) is 16.2. The molecule has 1 aliphatic heterocycles. The fraction of sp³-hybridized carbons (Fsp3) is 0.744. The van der Waals surface area contributed by atoms with Crippen molar-refractivity contribution in [1.82, 2.24) is 20.2 Å². The van der Waals surface area contributed by atoms with Gasteiger partial charge in [0.25, 0.3) is 5.91 Å². The van der Waals surface area contributed by atoms with E-state index in [9.17, 15) is 28.8 Å². The number of rotatable bonds is 16. The summed E-state index contributed by atoms with van der Waals surface area (Å²) >= 11 is 0. The number of nitrogens with one attached hydrogen (secondary N) is 1. The third-order valence-electron chi connectivity index (χ3n) is 11.7. The van der Waals surface area contributed by atoms with E-state index in [1.165, 1.54) is 18.6 Å². The summed E-state index contributed by atoms with van der Waals surface area (Å²) < 4.78 is 0. The zero-order valence-electron chi connectivity index (χ0n) is 30.0. The number of likely N-dealkylation sites (tertiary alicyclic amines) is 1. The molecule has 2 amide bonds. The van der Waals surface area contributed by atoms with Crippen LogP contribution in [0.1, 0.15) is 134 Å². The van der Waals surface area contributed by atoms with E-state index < -0.39 is 41.0 Å². The molecule has 1 saturated heterocycles. The lowest BCUT2D eigenvalue weighted by atomic mass is 9.74. The predicted octanol–water partition coefficient (Wildman–Crippen LogP) is 5.72. The molecule has 0 radical (unpaired) electrons. The normalized spacial score (nSPS) is 24.5. The van der Waals surface area contributed by atoms with Crippen molar-refractivity contribution >= 4 is 34.9 Å². The number of aromatic nitrogens is 2. The Balaban J connectivity index is 1.36. The average molecular weight is 677 g/mol. The first-order chi connectivity index (χ1) is 23.4. The zero-order chi connectivity index (χ0) is 35.3. The molecule has 1 aromatic rings. The van der Waals surface area contributed by atoms with Gasteiger partial charge in [-0.1, -0.05) is 59.8 Å². The molecule has 10 heteroatoms. The maximum Gasteiger partial charge on any atom is 0.272 e. The van der Waals surface area contributed by atoms with Crippen LogP contribution in [0.2, 0.25) is 0 Å². The second-order valence-electron chi connectivity index (χ2n) is 16.4.